The van der Waals surface area contributed by atoms with E-state index in [4.69, 9.17) is 4.99 Å². The molecule has 0 bridgehead atoms. The van der Waals surface area contributed by atoms with Crippen molar-refractivity contribution in [1.82, 2.24) is 4.90 Å². The highest BCUT2D eigenvalue weighted by Gasteiger charge is 2.18. The fourth-order valence-electron chi connectivity index (χ4n) is 4.03. The van der Waals surface area contributed by atoms with Crippen LogP contribution in [-0.4, -0.2) is 38.3 Å². The van der Waals surface area contributed by atoms with Gasteiger partial charge in [0.2, 0.25) is 0 Å². The minimum Gasteiger partial charge on any atom is -0.373 e. The van der Waals surface area contributed by atoms with Gasteiger partial charge in [0.25, 0.3) is 0 Å². The van der Waals surface area contributed by atoms with Crippen LogP contribution in [0.25, 0.3) is 12.2 Å². The van der Waals surface area contributed by atoms with Gasteiger partial charge in [0, 0.05) is 27.2 Å². The molecule has 0 saturated carbocycles. The van der Waals surface area contributed by atoms with Gasteiger partial charge in [-0.3, -0.25) is 4.99 Å². The number of allylic oxidation sites excluding steroid dienone is 1. The van der Waals surface area contributed by atoms with E-state index in [1.807, 2.05) is 12.3 Å². The van der Waals surface area contributed by atoms with Crippen LogP contribution in [0.15, 0.2) is 53.7 Å². The standard InChI is InChI=1S/C27H35N3/c1-6-15-29(4)25(18-23-13-11-21(7-2)12-14-23)20-28-26-19-22(8-3)17-24-10-9-16-30(5)27(24)26/h8,11-14,17-20H,3,6-7,9-10,15-16H2,1-2,4-5H3/b25-18-,28-20?. The number of benzene rings is 2. The van der Waals surface area contributed by atoms with E-state index in [9.17, 15) is 0 Å². The summed E-state index contributed by atoms with van der Waals surface area (Å²) in [5.74, 6) is 0. The predicted molar refractivity (Wildman–Crippen MR) is 133 cm³/mol. The molecule has 1 aliphatic rings. The number of rotatable bonds is 8. The van der Waals surface area contributed by atoms with E-state index in [1.165, 1.54) is 28.8 Å². The summed E-state index contributed by atoms with van der Waals surface area (Å²) in [5, 5.41) is 0. The maximum absolute atomic E-state index is 4.99. The number of hydrogen-bond acceptors (Lipinski definition) is 3. The van der Waals surface area contributed by atoms with Crippen LogP contribution < -0.4 is 4.90 Å². The zero-order valence-electron chi connectivity index (χ0n) is 19.0. The van der Waals surface area contributed by atoms with Gasteiger partial charge in [0.05, 0.1) is 23.3 Å². The van der Waals surface area contributed by atoms with Gasteiger partial charge in [0.15, 0.2) is 0 Å². The lowest BCUT2D eigenvalue weighted by Gasteiger charge is -2.29. The van der Waals surface area contributed by atoms with Gasteiger partial charge in [-0.1, -0.05) is 50.8 Å². The van der Waals surface area contributed by atoms with Crippen LogP contribution in [0.3, 0.4) is 0 Å². The van der Waals surface area contributed by atoms with Crippen LogP contribution >= 0.6 is 0 Å². The minimum absolute atomic E-state index is 0.996. The smallest absolute Gasteiger partial charge is 0.0872 e. The monoisotopic (exact) mass is 401 g/mol. The molecule has 30 heavy (non-hydrogen) atoms. The highest BCUT2D eigenvalue weighted by atomic mass is 15.1. The summed E-state index contributed by atoms with van der Waals surface area (Å²) in [7, 11) is 4.31. The summed E-state index contributed by atoms with van der Waals surface area (Å²) < 4.78 is 0. The summed E-state index contributed by atoms with van der Waals surface area (Å²) in [6.45, 7) is 10.4. The van der Waals surface area contributed by atoms with E-state index in [2.05, 4.69) is 86.8 Å². The third kappa shape index (κ3) is 5.21. The molecule has 0 aliphatic carbocycles. The van der Waals surface area contributed by atoms with Crippen molar-refractivity contribution in [1.29, 1.82) is 0 Å². The van der Waals surface area contributed by atoms with Gasteiger partial charge in [0.1, 0.15) is 0 Å². The van der Waals surface area contributed by atoms with Crippen LogP contribution in [0.1, 0.15) is 48.9 Å². The molecule has 1 heterocycles. The number of nitrogens with zero attached hydrogens (tertiary/aromatic N) is 3. The second-order valence-corrected chi connectivity index (χ2v) is 8.12. The highest BCUT2D eigenvalue weighted by molar-refractivity contribution is 5.89. The molecule has 0 aromatic heterocycles. The van der Waals surface area contributed by atoms with Crippen molar-refractivity contribution in [2.45, 2.75) is 39.5 Å². The number of anilines is 1. The molecule has 0 radical (unpaired) electrons. The summed E-state index contributed by atoms with van der Waals surface area (Å²) in [5.41, 5.74) is 8.48. The van der Waals surface area contributed by atoms with Gasteiger partial charge < -0.3 is 9.80 Å². The molecule has 1 aliphatic heterocycles. The molecule has 3 nitrogen and oxygen atoms in total. The lowest BCUT2D eigenvalue weighted by Crippen LogP contribution is -2.25. The average Bonchev–Trinajstić information content (AvgIpc) is 2.76. The Labute approximate surface area is 182 Å². The van der Waals surface area contributed by atoms with E-state index >= 15 is 0 Å². The molecule has 2 aromatic carbocycles. The highest BCUT2D eigenvalue weighted by Crippen LogP contribution is 2.37. The second kappa shape index (κ2) is 10.3. The molecule has 0 N–H and O–H groups in total. The molecular weight excluding hydrogens is 366 g/mol. The molecule has 0 atom stereocenters. The van der Waals surface area contributed by atoms with Crippen molar-refractivity contribution in [3.05, 3.63) is 70.9 Å². The third-order valence-electron chi connectivity index (χ3n) is 5.79. The average molecular weight is 402 g/mol. The first kappa shape index (κ1) is 21.9. The lowest BCUT2D eigenvalue weighted by atomic mass is 9.98. The maximum atomic E-state index is 4.99. The van der Waals surface area contributed by atoms with E-state index in [0.717, 1.165) is 49.3 Å². The van der Waals surface area contributed by atoms with Crippen molar-refractivity contribution < 1.29 is 0 Å². The SMILES string of the molecule is C=Cc1cc2c(c(N=C/C(=C/c3ccc(CC)cc3)N(C)CCC)c1)N(C)CCC2. The summed E-state index contributed by atoms with van der Waals surface area (Å²) in [6, 6.07) is 13.2. The van der Waals surface area contributed by atoms with Crippen LogP contribution in [0.4, 0.5) is 11.4 Å². The first-order chi connectivity index (χ1) is 14.5. The van der Waals surface area contributed by atoms with E-state index in [0.29, 0.717) is 0 Å². The quantitative estimate of drug-likeness (QED) is 0.479. The largest absolute Gasteiger partial charge is 0.373 e. The summed E-state index contributed by atoms with van der Waals surface area (Å²) in [4.78, 5) is 9.60. The van der Waals surface area contributed by atoms with Crippen molar-refractivity contribution >= 4 is 29.7 Å². The van der Waals surface area contributed by atoms with Gasteiger partial charge >= 0.3 is 0 Å². The number of aliphatic imine (C=N–C) groups is 1. The molecule has 0 fully saturated rings. The second-order valence-electron chi connectivity index (χ2n) is 8.12. The Morgan fingerprint density at radius 1 is 1.17 bits per heavy atom. The van der Waals surface area contributed by atoms with E-state index in [-0.39, 0.29) is 0 Å². The van der Waals surface area contributed by atoms with Gasteiger partial charge in [-0.15, -0.1) is 0 Å². The zero-order valence-corrected chi connectivity index (χ0v) is 19.0. The molecule has 2 aromatic rings. The fourth-order valence-corrected chi connectivity index (χ4v) is 4.03. The number of hydrogen-bond donors (Lipinski definition) is 0. The van der Waals surface area contributed by atoms with Crippen LogP contribution in [0.2, 0.25) is 0 Å². The maximum Gasteiger partial charge on any atom is 0.0872 e. The fraction of sp³-hybridized carbons (Fsp3) is 0.370. The van der Waals surface area contributed by atoms with Crippen LogP contribution in [0, 0.1) is 0 Å². The van der Waals surface area contributed by atoms with Gasteiger partial charge in [-0.2, -0.15) is 0 Å². The van der Waals surface area contributed by atoms with Crippen molar-refractivity contribution in [2.24, 2.45) is 4.99 Å². The van der Waals surface area contributed by atoms with Crippen molar-refractivity contribution in [3.63, 3.8) is 0 Å². The van der Waals surface area contributed by atoms with E-state index in [1.54, 1.807) is 0 Å². The molecule has 0 amide bonds. The molecule has 3 rings (SSSR count). The Morgan fingerprint density at radius 3 is 2.60 bits per heavy atom. The Kier molecular flexibility index (Phi) is 7.51. The molecule has 3 heteroatoms. The third-order valence-corrected chi connectivity index (χ3v) is 5.79. The molecule has 158 valence electrons. The summed E-state index contributed by atoms with van der Waals surface area (Å²) in [6.07, 6.45) is 10.6. The van der Waals surface area contributed by atoms with Crippen molar-refractivity contribution in [3.8, 4) is 0 Å². The first-order valence-corrected chi connectivity index (χ1v) is 11.1. The Bertz CT molecular complexity index is 922. The van der Waals surface area contributed by atoms with Crippen LogP contribution in [-0.2, 0) is 12.8 Å². The van der Waals surface area contributed by atoms with Crippen molar-refractivity contribution in [2.75, 3.05) is 32.1 Å². The number of fused-ring (bicyclic) bond motifs is 1. The predicted octanol–water partition coefficient (Wildman–Crippen LogP) is 6.36. The van der Waals surface area contributed by atoms with Gasteiger partial charge in [-0.25, -0.2) is 0 Å². The first-order valence-electron chi connectivity index (χ1n) is 11.1. The topological polar surface area (TPSA) is 18.8 Å². The molecule has 0 unspecified atom stereocenters. The van der Waals surface area contributed by atoms with E-state index < -0.39 is 0 Å². The lowest BCUT2D eigenvalue weighted by molar-refractivity contribution is 0.441. The summed E-state index contributed by atoms with van der Waals surface area (Å²) >= 11 is 0. The Morgan fingerprint density at radius 2 is 1.93 bits per heavy atom. The molecule has 0 saturated heterocycles. The van der Waals surface area contributed by atoms with Crippen LogP contribution in [0.5, 0.6) is 0 Å². The molecular formula is C27H35N3. The Balaban J connectivity index is 1.99. The Hall–Kier alpha value is -2.81. The zero-order chi connectivity index (χ0) is 21.5. The van der Waals surface area contributed by atoms with Gasteiger partial charge in [-0.05, 0) is 66.1 Å². The number of aryl methyl sites for hydroxylation is 2. The normalized spacial score (nSPS) is 14.1. The molecule has 0 spiro atoms. The minimum atomic E-state index is 0.996.